The molecule has 0 aromatic heterocycles. The standard InChI is InChI=1S/C14H29N3O/c1-11-6-9-17(10-12(11)18-4)8-5-7-14(2,3)13(15)16/h11-12H,5-10H2,1-4H3,(H3,15,16). The molecule has 0 aromatic carbocycles. The van der Waals surface area contributed by atoms with E-state index in [0.29, 0.717) is 17.9 Å². The quantitative estimate of drug-likeness (QED) is 0.564. The van der Waals surface area contributed by atoms with Gasteiger partial charge in [0.2, 0.25) is 0 Å². The first-order valence-electron chi connectivity index (χ1n) is 6.96. The van der Waals surface area contributed by atoms with Crippen LogP contribution in [0.15, 0.2) is 0 Å². The van der Waals surface area contributed by atoms with E-state index in [2.05, 4.69) is 11.8 Å². The number of nitrogens with one attached hydrogen (secondary N) is 1. The minimum Gasteiger partial charge on any atom is -0.387 e. The minimum atomic E-state index is -0.163. The molecule has 0 saturated carbocycles. The van der Waals surface area contributed by atoms with E-state index in [-0.39, 0.29) is 5.41 Å². The Morgan fingerprint density at radius 2 is 2.17 bits per heavy atom. The van der Waals surface area contributed by atoms with Crippen molar-refractivity contribution in [1.29, 1.82) is 5.41 Å². The summed E-state index contributed by atoms with van der Waals surface area (Å²) in [7, 11) is 1.81. The molecule has 2 unspecified atom stereocenters. The molecule has 1 aliphatic heterocycles. The Morgan fingerprint density at radius 1 is 1.50 bits per heavy atom. The molecule has 18 heavy (non-hydrogen) atoms. The fourth-order valence-electron chi connectivity index (χ4n) is 2.49. The molecule has 4 heteroatoms. The summed E-state index contributed by atoms with van der Waals surface area (Å²) in [5, 5.41) is 7.55. The second kappa shape index (κ2) is 6.53. The first-order chi connectivity index (χ1) is 8.36. The monoisotopic (exact) mass is 255 g/mol. The molecule has 0 aliphatic carbocycles. The molecule has 1 rings (SSSR count). The molecule has 0 amide bonds. The fraction of sp³-hybridized carbons (Fsp3) is 0.929. The van der Waals surface area contributed by atoms with Crippen molar-refractivity contribution < 1.29 is 4.74 Å². The lowest BCUT2D eigenvalue weighted by Crippen LogP contribution is -2.44. The molecule has 0 radical (unpaired) electrons. The zero-order valence-electron chi connectivity index (χ0n) is 12.3. The van der Waals surface area contributed by atoms with Gasteiger partial charge in [0.05, 0.1) is 11.9 Å². The Morgan fingerprint density at radius 3 is 2.72 bits per heavy atom. The van der Waals surface area contributed by atoms with Gasteiger partial charge >= 0.3 is 0 Å². The summed E-state index contributed by atoms with van der Waals surface area (Å²) < 4.78 is 5.52. The normalized spacial score (nSPS) is 26.2. The first kappa shape index (κ1) is 15.4. The number of piperidine rings is 1. The predicted octanol–water partition coefficient (Wildman–Crippen LogP) is 2.09. The molecule has 1 saturated heterocycles. The van der Waals surface area contributed by atoms with E-state index in [1.807, 2.05) is 21.0 Å². The van der Waals surface area contributed by atoms with Gasteiger partial charge in [-0.3, -0.25) is 5.41 Å². The van der Waals surface area contributed by atoms with Crippen molar-refractivity contribution in [3.05, 3.63) is 0 Å². The number of nitrogens with two attached hydrogens (primary N) is 1. The second-order valence-electron chi connectivity index (χ2n) is 6.24. The Hall–Kier alpha value is -0.610. The third-order valence-electron chi connectivity index (χ3n) is 4.28. The number of methoxy groups -OCH3 is 1. The second-order valence-corrected chi connectivity index (χ2v) is 6.24. The van der Waals surface area contributed by atoms with Crippen LogP contribution < -0.4 is 5.73 Å². The van der Waals surface area contributed by atoms with Crippen LogP contribution in [0.3, 0.4) is 0 Å². The molecule has 1 fully saturated rings. The largest absolute Gasteiger partial charge is 0.387 e. The number of likely N-dealkylation sites (tertiary alicyclic amines) is 1. The van der Waals surface area contributed by atoms with Crippen molar-refractivity contribution >= 4 is 5.84 Å². The smallest absolute Gasteiger partial charge is 0.0963 e. The van der Waals surface area contributed by atoms with Gasteiger partial charge in [0, 0.05) is 19.1 Å². The Kier molecular flexibility index (Phi) is 5.60. The van der Waals surface area contributed by atoms with Gasteiger partial charge < -0.3 is 15.4 Å². The lowest BCUT2D eigenvalue weighted by molar-refractivity contribution is -0.00559. The van der Waals surface area contributed by atoms with Gasteiger partial charge in [0.15, 0.2) is 0 Å². The van der Waals surface area contributed by atoms with E-state index < -0.39 is 0 Å². The van der Waals surface area contributed by atoms with Gasteiger partial charge in [-0.2, -0.15) is 0 Å². The fourth-order valence-corrected chi connectivity index (χ4v) is 2.49. The van der Waals surface area contributed by atoms with Crippen LogP contribution in [0.1, 0.15) is 40.0 Å². The van der Waals surface area contributed by atoms with E-state index in [0.717, 1.165) is 25.9 Å². The third kappa shape index (κ3) is 4.25. The van der Waals surface area contributed by atoms with E-state index in [4.69, 9.17) is 15.9 Å². The summed E-state index contributed by atoms with van der Waals surface area (Å²) in [6.07, 6.45) is 3.66. The summed E-state index contributed by atoms with van der Waals surface area (Å²) in [5.74, 6) is 0.962. The van der Waals surface area contributed by atoms with Crippen LogP contribution in [0.2, 0.25) is 0 Å². The highest BCUT2D eigenvalue weighted by Crippen LogP contribution is 2.24. The lowest BCUT2D eigenvalue weighted by Gasteiger charge is -2.36. The van der Waals surface area contributed by atoms with Gasteiger partial charge in [-0.25, -0.2) is 0 Å². The summed E-state index contributed by atoms with van der Waals surface area (Å²) in [6, 6.07) is 0. The predicted molar refractivity (Wildman–Crippen MR) is 75.9 cm³/mol. The van der Waals surface area contributed by atoms with Crippen LogP contribution in [0.4, 0.5) is 0 Å². The molecule has 4 nitrogen and oxygen atoms in total. The van der Waals surface area contributed by atoms with Crippen LogP contribution in [0, 0.1) is 16.7 Å². The summed E-state index contributed by atoms with van der Waals surface area (Å²) >= 11 is 0. The SMILES string of the molecule is COC1CN(CCCC(C)(C)C(=N)N)CCC1C. The highest BCUT2D eigenvalue weighted by Gasteiger charge is 2.26. The van der Waals surface area contributed by atoms with Crippen LogP contribution in [-0.2, 0) is 4.74 Å². The van der Waals surface area contributed by atoms with Crippen molar-refractivity contribution in [1.82, 2.24) is 4.90 Å². The molecule has 106 valence electrons. The van der Waals surface area contributed by atoms with Crippen molar-refractivity contribution in [2.75, 3.05) is 26.7 Å². The van der Waals surface area contributed by atoms with Crippen molar-refractivity contribution in [2.45, 2.75) is 46.1 Å². The number of hydrogen-bond donors (Lipinski definition) is 2. The lowest BCUT2D eigenvalue weighted by atomic mass is 9.86. The molecule has 1 heterocycles. The summed E-state index contributed by atoms with van der Waals surface area (Å²) in [6.45, 7) is 9.66. The van der Waals surface area contributed by atoms with E-state index in [9.17, 15) is 0 Å². The molecule has 0 bridgehead atoms. The summed E-state index contributed by atoms with van der Waals surface area (Å²) in [5.41, 5.74) is 5.44. The number of nitrogens with zero attached hydrogens (tertiary/aromatic N) is 1. The Bertz CT molecular complexity index is 278. The molecule has 0 spiro atoms. The molecule has 0 aromatic rings. The van der Waals surface area contributed by atoms with E-state index in [1.54, 1.807) is 0 Å². The highest BCUT2D eigenvalue weighted by atomic mass is 16.5. The minimum absolute atomic E-state index is 0.163. The van der Waals surface area contributed by atoms with Crippen molar-refractivity contribution in [2.24, 2.45) is 17.1 Å². The van der Waals surface area contributed by atoms with Crippen LogP contribution in [0.5, 0.6) is 0 Å². The Balaban J connectivity index is 2.30. The van der Waals surface area contributed by atoms with Gasteiger partial charge in [-0.1, -0.05) is 20.8 Å². The molecule has 1 aliphatic rings. The maximum Gasteiger partial charge on any atom is 0.0963 e. The molecular weight excluding hydrogens is 226 g/mol. The zero-order chi connectivity index (χ0) is 13.8. The van der Waals surface area contributed by atoms with Gasteiger partial charge in [0.1, 0.15) is 0 Å². The van der Waals surface area contributed by atoms with Gasteiger partial charge in [-0.05, 0) is 38.3 Å². The van der Waals surface area contributed by atoms with E-state index >= 15 is 0 Å². The highest BCUT2D eigenvalue weighted by molar-refractivity contribution is 5.82. The number of amidine groups is 1. The number of hydrogen-bond acceptors (Lipinski definition) is 3. The van der Waals surface area contributed by atoms with Crippen LogP contribution >= 0.6 is 0 Å². The maximum atomic E-state index is 7.55. The average Bonchev–Trinajstić information content (AvgIpc) is 2.31. The Labute approximate surface area is 111 Å². The topological polar surface area (TPSA) is 62.3 Å². The maximum absolute atomic E-state index is 7.55. The third-order valence-corrected chi connectivity index (χ3v) is 4.28. The average molecular weight is 255 g/mol. The number of ether oxygens (including phenoxy) is 1. The van der Waals surface area contributed by atoms with Crippen molar-refractivity contribution in [3.63, 3.8) is 0 Å². The molecular formula is C14H29N3O. The zero-order valence-corrected chi connectivity index (χ0v) is 12.3. The van der Waals surface area contributed by atoms with Crippen LogP contribution in [-0.4, -0.2) is 43.6 Å². The van der Waals surface area contributed by atoms with Crippen LogP contribution in [0.25, 0.3) is 0 Å². The molecule has 3 N–H and O–H groups in total. The number of rotatable bonds is 6. The first-order valence-corrected chi connectivity index (χ1v) is 6.96. The van der Waals surface area contributed by atoms with E-state index in [1.165, 1.54) is 13.0 Å². The molecule has 2 atom stereocenters. The van der Waals surface area contributed by atoms with Gasteiger partial charge in [0.25, 0.3) is 0 Å². The van der Waals surface area contributed by atoms with Crippen molar-refractivity contribution in [3.8, 4) is 0 Å². The summed E-state index contributed by atoms with van der Waals surface area (Å²) in [4.78, 5) is 2.48. The van der Waals surface area contributed by atoms with Gasteiger partial charge in [-0.15, -0.1) is 0 Å².